The molecule has 0 saturated carbocycles. The van der Waals surface area contributed by atoms with Crippen LogP contribution in [-0.4, -0.2) is 24.9 Å². The first kappa shape index (κ1) is 18.2. The van der Waals surface area contributed by atoms with E-state index < -0.39 is 0 Å². The number of rotatable bonds is 4. The second kappa shape index (κ2) is 8.21. The second-order valence-electron chi connectivity index (χ2n) is 5.55. The normalized spacial score (nSPS) is 13.2. The highest BCUT2D eigenvalue weighted by atomic mass is 35.5. The van der Waals surface area contributed by atoms with Crippen molar-refractivity contribution in [3.8, 4) is 11.5 Å². The third-order valence-electron chi connectivity index (χ3n) is 3.64. The van der Waals surface area contributed by atoms with Crippen molar-refractivity contribution >= 4 is 46.6 Å². The standard InChI is InChI=1S/C18H17Cl2NO3S/c1-11-3-5-13(19)18(17(11)20)21-16(22)10-25-12-4-6-14-15(9-12)24-8-2-7-23-14/h3-6,9H,2,7-8,10H2,1H3,(H,21,22). The molecule has 0 spiro atoms. The number of hydrogen-bond acceptors (Lipinski definition) is 4. The summed E-state index contributed by atoms with van der Waals surface area (Å²) in [6, 6.07) is 9.21. The van der Waals surface area contributed by atoms with Gasteiger partial charge in [0, 0.05) is 11.3 Å². The first-order chi connectivity index (χ1) is 12.0. The van der Waals surface area contributed by atoms with Crippen molar-refractivity contribution in [2.75, 3.05) is 24.3 Å². The lowest BCUT2D eigenvalue weighted by Gasteiger charge is -2.12. The van der Waals surface area contributed by atoms with Crippen molar-refractivity contribution < 1.29 is 14.3 Å². The third kappa shape index (κ3) is 4.54. The minimum absolute atomic E-state index is 0.175. The summed E-state index contributed by atoms with van der Waals surface area (Å²) in [4.78, 5) is 13.2. The van der Waals surface area contributed by atoms with E-state index in [1.54, 1.807) is 6.07 Å². The second-order valence-corrected chi connectivity index (χ2v) is 7.38. The maximum Gasteiger partial charge on any atom is 0.234 e. The molecule has 1 aliphatic heterocycles. The summed E-state index contributed by atoms with van der Waals surface area (Å²) in [6.45, 7) is 3.15. The molecule has 0 atom stereocenters. The fourth-order valence-electron chi connectivity index (χ4n) is 2.33. The average Bonchev–Trinajstić information content (AvgIpc) is 2.85. The van der Waals surface area contributed by atoms with E-state index in [1.165, 1.54) is 11.8 Å². The molecule has 0 radical (unpaired) electrons. The zero-order chi connectivity index (χ0) is 17.8. The number of thioether (sulfide) groups is 1. The summed E-state index contributed by atoms with van der Waals surface area (Å²) >= 11 is 13.7. The molecule has 0 fully saturated rings. The molecule has 0 unspecified atom stereocenters. The minimum atomic E-state index is -0.175. The van der Waals surface area contributed by atoms with Crippen LogP contribution >= 0.6 is 35.0 Å². The molecule has 2 aromatic carbocycles. The Morgan fingerprint density at radius 1 is 1.16 bits per heavy atom. The molecule has 1 amide bonds. The Labute approximate surface area is 160 Å². The lowest BCUT2D eigenvalue weighted by molar-refractivity contribution is -0.113. The van der Waals surface area contributed by atoms with E-state index in [9.17, 15) is 4.79 Å². The quantitative estimate of drug-likeness (QED) is 0.720. The Morgan fingerprint density at radius 2 is 1.92 bits per heavy atom. The van der Waals surface area contributed by atoms with Crippen molar-refractivity contribution in [3.05, 3.63) is 45.9 Å². The molecule has 0 bridgehead atoms. The SMILES string of the molecule is Cc1ccc(Cl)c(NC(=O)CSc2ccc3c(c2)OCCCO3)c1Cl. The number of amides is 1. The molecule has 7 heteroatoms. The lowest BCUT2D eigenvalue weighted by atomic mass is 10.2. The van der Waals surface area contributed by atoms with Gasteiger partial charge in [-0.05, 0) is 36.8 Å². The van der Waals surface area contributed by atoms with Crippen LogP contribution in [0.1, 0.15) is 12.0 Å². The molecule has 1 aliphatic rings. The average molecular weight is 398 g/mol. The molecule has 25 heavy (non-hydrogen) atoms. The number of carbonyl (C=O) groups is 1. The predicted molar refractivity (Wildman–Crippen MR) is 103 cm³/mol. The van der Waals surface area contributed by atoms with Crippen LogP contribution in [0.2, 0.25) is 10.0 Å². The molecule has 0 aromatic heterocycles. The number of anilines is 1. The highest BCUT2D eigenvalue weighted by molar-refractivity contribution is 8.00. The maximum atomic E-state index is 12.2. The summed E-state index contributed by atoms with van der Waals surface area (Å²) < 4.78 is 11.3. The van der Waals surface area contributed by atoms with Gasteiger partial charge in [-0.25, -0.2) is 0 Å². The number of benzene rings is 2. The third-order valence-corrected chi connectivity index (χ3v) is 5.43. The number of ether oxygens (including phenoxy) is 2. The van der Waals surface area contributed by atoms with Crippen molar-refractivity contribution in [1.82, 2.24) is 0 Å². The van der Waals surface area contributed by atoms with Gasteiger partial charge >= 0.3 is 0 Å². The lowest BCUT2D eigenvalue weighted by Crippen LogP contribution is -2.15. The number of carbonyl (C=O) groups excluding carboxylic acids is 1. The molecule has 3 rings (SSSR count). The highest BCUT2D eigenvalue weighted by Crippen LogP contribution is 2.35. The summed E-state index contributed by atoms with van der Waals surface area (Å²) in [5.74, 6) is 1.52. The van der Waals surface area contributed by atoms with Gasteiger partial charge in [0.1, 0.15) is 0 Å². The van der Waals surface area contributed by atoms with Gasteiger partial charge in [0.25, 0.3) is 0 Å². The van der Waals surface area contributed by atoms with Crippen LogP contribution < -0.4 is 14.8 Å². The summed E-state index contributed by atoms with van der Waals surface area (Å²) in [7, 11) is 0. The van der Waals surface area contributed by atoms with Gasteiger partial charge < -0.3 is 14.8 Å². The van der Waals surface area contributed by atoms with E-state index in [4.69, 9.17) is 32.7 Å². The van der Waals surface area contributed by atoms with Crippen molar-refractivity contribution in [2.45, 2.75) is 18.2 Å². The Balaban J connectivity index is 1.63. The minimum Gasteiger partial charge on any atom is -0.490 e. The molecule has 0 aliphatic carbocycles. The number of aryl methyl sites for hydroxylation is 1. The summed E-state index contributed by atoms with van der Waals surface area (Å²) in [5, 5.41) is 3.66. The number of hydrogen-bond donors (Lipinski definition) is 1. The molecule has 4 nitrogen and oxygen atoms in total. The van der Waals surface area contributed by atoms with Crippen LogP contribution in [-0.2, 0) is 4.79 Å². The Hall–Kier alpha value is -1.56. The molecule has 1 N–H and O–H groups in total. The topological polar surface area (TPSA) is 47.6 Å². The van der Waals surface area contributed by atoms with Gasteiger partial charge in [0.2, 0.25) is 5.91 Å². The number of fused-ring (bicyclic) bond motifs is 1. The van der Waals surface area contributed by atoms with Gasteiger partial charge in [0.15, 0.2) is 11.5 Å². The van der Waals surface area contributed by atoms with Crippen LogP contribution in [0.3, 0.4) is 0 Å². The molecule has 2 aromatic rings. The Morgan fingerprint density at radius 3 is 2.72 bits per heavy atom. The van der Waals surface area contributed by atoms with Crippen LogP contribution in [0.5, 0.6) is 11.5 Å². The van der Waals surface area contributed by atoms with E-state index in [2.05, 4.69) is 5.32 Å². The van der Waals surface area contributed by atoms with Crippen LogP contribution in [0.15, 0.2) is 35.2 Å². The maximum absolute atomic E-state index is 12.2. The van der Waals surface area contributed by atoms with Crippen LogP contribution in [0.25, 0.3) is 0 Å². The first-order valence-electron chi connectivity index (χ1n) is 7.81. The van der Waals surface area contributed by atoms with E-state index in [0.717, 1.165) is 22.6 Å². The highest BCUT2D eigenvalue weighted by Gasteiger charge is 2.14. The largest absolute Gasteiger partial charge is 0.490 e. The smallest absolute Gasteiger partial charge is 0.234 e. The monoisotopic (exact) mass is 397 g/mol. The van der Waals surface area contributed by atoms with Gasteiger partial charge in [0.05, 0.1) is 34.7 Å². The van der Waals surface area contributed by atoms with Crippen molar-refractivity contribution in [3.63, 3.8) is 0 Å². The molecule has 132 valence electrons. The fraction of sp³-hybridized carbons (Fsp3) is 0.278. The summed E-state index contributed by atoms with van der Waals surface area (Å²) in [6.07, 6.45) is 0.859. The predicted octanol–water partition coefficient (Wildman–Crippen LogP) is 5.19. The Bertz CT molecular complexity index is 798. The Kier molecular flexibility index (Phi) is 5.99. The van der Waals surface area contributed by atoms with E-state index in [0.29, 0.717) is 34.7 Å². The fourth-order valence-corrected chi connectivity index (χ4v) is 3.52. The zero-order valence-electron chi connectivity index (χ0n) is 13.6. The van der Waals surface area contributed by atoms with Crippen LogP contribution in [0.4, 0.5) is 5.69 Å². The van der Waals surface area contributed by atoms with Gasteiger partial charge in [-0.2, -0.15) is 0 Å². The van der Waals surface area contributed by atoms with Crippen LogP contribution in [0, 0.1) is 6.92 Å². The van der Waals surface area contributed by atoms with E-state index >= 15 is 0 Å². The van der Waals surface area contributed by atoms with E-state index in [-0.39, 0.29) is 11.7 Å². The number of nitrogens with one attached hydrogen (secondary N) is 1. The molecule has 0 saturated heterocycles. The number of halogens is 2. The van der Waals surface area contributed by atoms with Gasteiger partial charge in [-0.15, -0.1) is 11.8 Å². The molecular formula is C18H17Cl2NO3S. The molecular weight excluding hydrogens is 381 g/mol. The van der Waals surface area contributed by atoms with Crippen molar-refractivity contribution in [2.24, 2.45) is 0 Å². The first-order valence-corrected chi connectivity index (χ1v) is 9.55. The zero-order valence-corrected chi connectivity index (χ0v) is 15.9. The van der Waals surface area contributed by atoms with Crippen molar-refractivity contribution in [1.29, 1.82) is 0 Å². The summed E-state index contributed by atoms with van der Waals surface area (Å²) in [5.41, 5.74) is 1.31. The molecule has 1 heterocycles. The van der Waals surface area contributed by atoms with Gasteiger partial charge in [-0.3, -0.25) is 4.79 Å². The van der Waals surface area contributed by atoms with E-state index in [1.807, 2.05) is 31.2 Å². The van der Waals surface area contributed by atoms with Gasteiger partial charge in [-0.1, -0.05) is 29.3 Å².